The number of anilines is 1. The van der Waals surface area contributed by atoms with Crippen molar-refractivity contribution in [2.24, 2.45) is 0 Å². The molecule has 2 N–H and O–H groups in total. The van der Waals surface area contributed by atoms with Gasteiger partial charge in [-0.05, 0) is 34.3 Å². The number of rotatable bonds is 4. The van der Waals surface area contributed by atoms with Gasteiger partial charge < -0.3 is 5.73 Å². The second kappa shape index (κ2) is 5.96. The molecule has 0 fully saturated rings. The Morgan fingerprint density at radius 3 is 2.50 bits per heavy atom. The molecule has 0 saturated carbocycles. The maximum absolute atomic E-state index is 5.87. The third-order valence-electron chi connectivity index (χ3n) is 2.81. The molecule has 0 unspecified atom stereocenters. The van der Waals surface area contributed by atoms with Gasteiger partial charge in [0.25, 0.3) is 0 Å². The summed E-state index contributed by atoms with van der Waals surface area (Å²) in [7, 11) is 0. The van der Waals surface area contributed by atoms with Crippen LogP contribution in [0.1, 0.15) is 24.0 Å². The smallest absolute Gasteiger partial charge is 0.141 e. The average Bonchev–Trinajstić information content (AvgIpc) is 2.41. The van der Waals surface area contributed by atoms with Gasteiger partial charge in [-0.15, -0.1) is 0 Å². The van der Waals surface area contributed by atoms with E-state index in [1.54, 1.807) is 0 Å². The van der Waals surface area contributed by atoms with Crippen molar-refractivity contribution in [2.45, 2.75) is 26.2 Å². The first-order chi connectivity index (χ1) is 8.70. The molecule has 0 aliphatic rings. The number of aromatic nitrogens is 2. The van der Waals surface area contributed by atoms with Gasteiger partial charge in [0.2, 0.25) is 0 Å². The van der Waals surface area contributed by atoms with Crippen molar-refractivity contribution in [3.63, 3.8) is 0 Å². The van der Waals surface area contributed by atoms with E-state index in [9.17, 15) is 0 Å². The minimum atomic E-state index is 0.532. The molecular formula is C14H16BrN3. The molecule has 0 radical (unpaired) electrons. The second-order valence-electron chi connectivity index (χ2n) is 4.12. The maximum atomic E-state index is 5.87. The third-order valence-corrected chi connectivity index (χ3v) is 3.67. The van der Waals surface area contributed by atoms with Crippen molar-refractivity contribution in [3.05, 3.63) is 51.9 Å². The lowest BCUT2D eigenvalue weighted by atomic mass is 10.1. The summed E-state index contributed by atoms with van der Waals surface area (Å²) in [4.78, 5) is 8.84. The van der Waals surface area contributed by atoms with Crippen LogP contribution in [0.4, 0.5) is 5.82 Å². The Labute approximate surface area is 116 Å². The standard InChI is InChI=1S/C14H16BrN3/c1-2-11-13(15)14(16)18-12(17-11)9-8-10-6-4-3-5-7-10/h3-7H,2,8-9H2,1H3,(H2,16,17,18). The molecule has 0 bridgehead atoms. The maximum Gasteiger partial charge on any atom is 0.141 e. The first-order valence-corrected chi connectivity index (χ1v) is 6.84. The summed E-state index contributed by atoms with van der Waals surface area (Å²) in [6.07, 6.45) is 2.60. The summed E-state index contributed by atoms with van der Waals surface area (Å²) in [5, 5.41) is 0. The molecule has 0 spiro atoms. The van der Waals surface area contributed by atoms with Crippen molar-refractivity contribution in [2.75, 3.05) is 5.73 Å². The predicted molar refractivity (Wildman–Crippen MR) is 77.4 cm³/mol. The zero-order valence-corrected chi connectivity index (χ0v) is 11.9. The number of hydrogen-bond acceptors (Lipinski definition) is 3. The van der Waals surface area contributed by atoms with E-state index in [0.29, 0.717) is 5.82 Å². The number of nitrogen functional groups attached to an aromatic ring is 1. The van der Waals surface area contributed by atoms with Crippen LogP contribution in [0.2, 0.25) is 0 Å². The molecule has 2 rings (SSSR count). The van der Waals surface area contributed by atoms with Gasteiger partial charge in [0.05, 0.1) is 10.2 Å². The molecule has 0 aliphatic carbocycles. The number of nitrogens with two attached hydrogens (primary N) is 1. The zero-order valence-electron chi connectivity index (χ0n) is 10.4. The average molecular weight is 306 g/mol. The lowest BCUT2D eigenvalue weighted by Gasteiger charge is -2.07. The van der Waals surface area contributed by atoms with Crippen molar-refractivity contribution in [1.82, 2.24) is 9.97 Å². The molecule has 94 valence electrons. The number of nitrogens with zero attached hydrogens (tertiary/aromatic N) is 2. The largest absolute Gasteiger partial charge is 0.383 e. The summed E-state index contributed by atoms with van der Waals surface area (Å²) in [5.41, 5.74) is 8.14. The van der Waals surface area contributed by atoms with E-state index in [1.165, 1.54) is 5.56 Å². The molecule has 0 aliphatic heterocycles. The number of hydrogen-bond donors (Lipinski definition) is 1. The van der Waals surface area contributed by atoms with Crippen molar-refractivity contribution in [3.8, 4) is 0 Å². The van der Waals surface area contributed by atoms with Crippen LogP contribution in [0.15, 0.2) is 34.8 Å². The Kier molecular flexibility index (Phi) is 4.31. The number of benzene rings is 1. The van der Waals surface area contributed by atoms with E-state index in [1.807, 2.05) is 18.2 Å². The van der Waals surface area contributed by atoms with Crippen LogP contribution in [0.3, 0.4) is 0 Å². The van der Waals surface area contributed by atoms with Crippen LogP contribution in [0.25, 0.3) is 0 Å². The highest BCUT2D eigenvalue weighted by atomic mass is 79.9. The Morgan fingerprint density at radius 1 is 1.11 bits per heavy atom. The molecule has 1 heterocycles. The molecule has 4 heteroatoms. The Bertz CT molecular complexity index is 526. The molecule has 1 aromatic heterocycles. The summed E-state index contributed by atoms with van der Waals surface area (Å²) in [6.45, 7) is 2.06. The minimum Gasteiger partial charge on any atom is -0.383 e. The highest BCUT2D eigenvalue weighted by molar-refractivity contribution is 9.10. The fourth-order valence-corrected chi connectivity index (χ4v) is 2.27. The van der Waals surface area contributed by atoms with Crippen LogP contribution < -0.4 is 5.73 Å². The predicted octanol–water partition coefficient (Wildman–Crippen LogP) is 3.17. The fourth-order valence-electron chi connectivity index (χ4n) is 1.81. The van der Waals surface area contributed by atoms with Crippen molar-refractivity contribution in [1.29, 1.82) is 0 Å². The van der Waals surface area contributed by atoms with Gasteiger partial charge in [-0.25, -0.2) is 9.97 Å². The van der Waals surface area contributed by atoms with Gasteiger partial charge in [-0.1, -0.05) is 37.3 Å². The van der Waals surface area contributed by atoms with E-state index in [4.69, 9.17) is 5.73 Å². The number of halogens is 1. The lowest BCUT2D eigenvalue weighted by Crippen LogP contribution is -2.06. The van der Waals surface area contributed by atoms with E-state index in [2.05, 4.69) is 45.0 Å². The molecule has 0 amide bonds. The summed E-state index contributed by atoms with van der Waals surface area (Å²) >= 11 is 3.42. The normalized spacial score (nSPS) is 10.6. The van der Waals surface area contributed by atoms with Crippen LogP contribution in [0, 0.1) is 0 Å². The van der Waals surface area contributed by atoms with E-state index in [0.717, 1.165) is 35.3 Å². The molecule has 0 saturated heterocycles. The minimum absolute atomic E-state index is 0.532. The van der Waals surface area contributed by atoms with Crippen LogP contribution in [0.5, 0.6) is 0 Å². The zero-order chi connectivity index (χ0) is 13.0. The van der Waals surface area contributed by atoms with Crippen LogP contribution in [-0.2, 0) is 19.3 Å². The van der Waals surface area contributed by atoms with Crippen LogP contribution >= 0.6 is 15.9 Å². The van der Waals surface area contributed by atoms with Gasteiger partial charge in [-0.3, -0.25) is 0 Å². The highest BCUT2D eigenvalue weighted by Crippen LogP contribution is 2.21. The van der Waals surface area contributed by atoms with Gasteiger partial charge in [0.1, 0.15) is 11.6 Å². The van der Waals surface area contributed by atoms with Gasteiger partial charge in [0.15, 0.2) is 0 Å². The third kappa shape index (κ3) is 3.07. The molecule has 0 atom stereocenters. The quantitative estimate of drug-likeness (QED) is 0.944. The van der Waals surface area contributed by atoms with Crippen molar-refractivity contribution < 1.29 is 0 Å². The van der Waals surface area contributed by atoms with Gasteiger partial charge in [-0.2, -0.15) is 0 Å². The Balaban J connectivity index is 2.13. The molecule has 18 heavy (non-hydrogen) atoms. The SMILES string of the molecule is CCc1nc(CCc2ccccc2)nc(N)c1Br. The lowest BCUT2D eigenvalue weighted by molar-refractivity contribution is 0.831. The molecule has 3 nitrogen and oxygen atoms in total. The Hall–Kier alpha value is -1.42. The van der Waals surface area contributed by atoms with Crippen molar-refractivity contribution >= 4 is 21.7 Å². The fraction of sp³-hybridized carbons (Fsp3) is 0.286. The van der Waals surface area contributed by atoms with E-state index < -0.39 is 0 Å². The first-order valence-electron chi connectivity index (χ1n) is 6.05. The highest BCUT2D eigenvalue weighted by Gasteiger charge is 2.08. The number of aryl methyl sites for hydroxylation is 3. The summed E-state index contributed by atoms with van der Waals surface area (Å²) in [5.74, 6) is 1.35. The Morgan fingerprint density at radius 2 is 1.83 bits per heavy atom. The molecular weight excluding hydrogens is 290 g/mol. The molecule has 2 aromatic rings. The van der Waals surface area contributed by atoms with Crippen LogP contribution in [-0.4, -0.2) is 9.97 Å². The topological polar surface area (TPSA) is 51.8 Å². The summed E-state index contributed by atoms with van der Waals surface area (Å²) < 4.78 is 0.827. The van der Waals surface area contributed by atoms with Gasteiger partial charge in [0, 0.05) is 6.42 Å². The molecule has 1 aromatic carbocycles. The van der Waals surface area contributed by atoms with E-state index >= 15 is 0 Å². The second-order valence-corrected chi connectivity index (χ2v) is 4.92. The van der Waals surface area contributed by atoms with Gasteiger partial charge >= 0.3 is 0 Å². The summed E-state index contributed by atoms with van der Waals surface area (Å²) in [6, 6.07) is 10.3. The van der Waals surface area contributed by atoms with E-state index in [-0.39, 0.29) is 0 Å². The first kappa shape index (κ1) is 13.0. The monoisotopic (exact) mass is 305 g/mol.